The Labute approximate surface area is 180 Å². The minimum atomic E-state index is -0.437. The normalized spacial score (nSPS) is 15.0. The van der Waals surface area contributed by atoms with Crippen LogP contribution in [0.5, 0.6) is 0 Å². The number of amides is 2. The maximum atomic E-state index is 13.3. The highest BCUT2D eigenvalue weighted by atomic mass is 16.2. The first-order valence-corrected chi connectivity index (χ1v) is 11.3. The largest absolute Gasteiger partial charge is 0.352 e. The summed E-state index contributed by atoms with van der Waals surface area (Å²) in [6.45, 7) is 4.52. The molecule has 2 amide bonds. The van der Waals surface area contributed by atoms with Gasteiger partial charge >= 0.3 is 0 Å². The summed E-state index contributed by atoms with van der Waals surface area (Å²) in [5.74, 6) is 0.0292. The van der Waals surface area contributed by atoms with Crippen molar-refractivity contribution in [2.75, 3.05) is 0 Å². The Balaban J connectivity index is 1.76. The molecule has 0 radical (unpaired) electrons. The monoisotopic (exact) mass is 406 g/mol. The Hall–Kier alpha value is -2.62. The first kappa shape index (κ1) is 22.1. The van der Waals surface area contributed by atoms with Gasteiger partial charge in [0.1, 0.15) is 6.04 Å². The molecule has 30 heavy (non-hydrogen) atoms. The minimum absolute atomic E-state index is 0.00829. The van der Waals surface area contributed by atoms with Crippen molar-refractivity contribution < 1.29 is 9.59 Å². The first-order valence-electron chi connectivity index (χ1n) is 11.3. The van der Waals surface area contributed by atoms with E-state index in [1.165, 1.54) is 12.8 Å². The van der Waals surface area contributed by atoms with Crippen molar-refractivity contribution in [1.29, 1.82) is 0 Å². The average molecular weight is 407 g/mol. The van der Waals surface area contributed by atoms with E-state index in [1.807, 2.05) is 49.4 Å². The van der Waals surface area contributed by atoms with Gasteiger partial charge in [0.25, 0.3) is 0 Å². The van der Waals surface area contributed by atoms with Crippen molar-refractivity contribution in [2.24, 2.45) is 0 Å². The van der Waals surface area contributed by atoms with Gasteiger partial charge in [0, 0.05) is 19.0 Å². The molecule has 1 N–H and O–H groups in total. The lowest BCUT2D eigenvalue weighted by atomic mass is 10.0. The molecule has 2 aromatic rings. The lowest BCUT2D eigenvalue weighted by molar-refractivity contribution is -0.141. The summed E-state index contributed by atoms with van der Waals surface area (Å²) >= 11 is 0. The van der Waals surface area contributed by atoms with Crippen LogP contribution in [-0.4, -0.2) is 28.8 Å². The van der Waals surface area contributed by atoms with Gasteiger partial charge in [-0.25, -0.2) is 0 Å². The van der Waals surface area contributed by atoms with Crippen LogP contribution in [0.25, 0.3) is 0 Å². The number of hydrogen-bond acceptors (Lipinski definition) is 2. The Bertz CT molecular complexity index is 828. The van der Waals surface area contributed by atoms with Crippen molar-refractivity contribution in [3.8, 4) is 0 Å². The predicted molar refractivity (Wildman–Crippen MR) is 121 cm³/mol. The molecule has 2 aromatic carbocycles. The Morgan fingerprint density at radius 2 is 1.70 bits per heavy atom. The number of nitrogens with one attached hydrogen (secondary N) is 1. The summed E-state index contributed by atoms with van der Waals surface area (Å²) in [6.07, 6.45) is 6.13. The molecule has 0 bridgehead atoms. The van der Waals surface area contributed by atoms with E-state index in [0.717, 1.165) is 29.5 Å². The van der Waals surface area contributed by atoms with Crippen molar-refractivity contribution in [1.82, 2.24) is 10.2 Å². The minimum Gasteiger partial charge on any atom is -0.352 e. The van der Waals surface area contributed by atoms with Crippen LogP contribution < -0.4 is 5.32 Å². The van der Waals surface area contributed by atoms with Gasteiger partial charge in [0.15, 0.2) is 0 Å². The van der Waals surface area contributed by atoms with Gasteiger partial charge in [-0.05, 0) is 49.3 Å². The third kappa shape index (κ3) is 5.94. The molecule has 160 valence electrons. The fraction of sp³-hybridized carbons (Fsp3) is 0.462. The van der Waals surface area contributed by atoms with E-state index in [2.05, 4.69) is 24.4 Å². The molecule has 0 aromatic heterocycles. The van der Waals surface area contributed by atoms with E-state index >= 15 is 0 Å². The summed E-state index contributed by atoms with van der Waals surface area (Å²) in [7, 11) is 0. The fourth-order valence-corrected chi connectivity index (χ4v) is 4.30. The van der Waals surface area contributed by atoms with Gasteiger partial charge in [-0.3, -0.25) is 9.59 Å². The molecule has 0 unspecified atom stereocenters. The lowest BCUT2D eigenvalue weighted by Gasteiger charge is -2.32. The molecule has 3 rings (SSSR count). The van der Waals surface area contributed by atoms with Crippen LogP contribution in [-0.2, 0) is 22.6 Å². The molecular formula is C26H34N2O2. The maximum Gasteiger partial charge on any atom is 0.243 e. The molecular weight excluding hydrogens is 372 g/mol. The van der Waals surface area contributed by atoms with Crippen molar-refractivity contribution in [2.45, 2.75) is 77.4 Å². The molecule has 1 aliphatic carbocycles. The number of rotatable bonds is 9. The molecule has 0 heterocycles. The SMILES string of the molecule is CC[C@@H](C(=O)NC1CCCC1)N(Cc1ccccc1C)C(=O)CCc1ccccc1. The number of hydrogen-bond donors (Lipinski definition) is 1. The summed E-state index contributed by atoms with van der Waals surface area (Å²) < 4.78 is 0. The molecule has 1 fully saturated rings. The van der Waals surface area contributed by atoms with Crippen molar-refractivity contribution >= 4 is 11.8 Å². The molecule has 4 heteroatoms. The molecule has 1 aliphatic rings. The topological polar surface area (TPSA) is 49.4 Å². The highest BCUT2D eigenvalue weighted by Gasteiger charge is 2.30. The number of carbonyl (C=O) groups is 2. The van der Waals surface area contributed by atoms with Crippen LogP contribution in [0.4, 0.5) is 0 Å². The molecule has 4 nitrogen and oxygen atoms in total. The standard InChI is InChI=1S/C26H34N2O2/c1-3-24(26(30)27-23-15-9-10-16-23)28(19-22-14-8-7-11-20(22)2)25(29)18-17-21-12-5-4-6-13-21/h4-8,11-14,23-24H,3,9-10,15-19H2,1-2H3,(H,27,30)/t24-/m0/s1. The van der Waals surface area contributed by atoms with E-state index < -0.39 is 6.04 Å². The number of carbonyl (C=O) groups excluding carboxylic acids is 2. The second kappa shape index (κ2) is 11.0. The third-order valence-electron chi connectivity index (χ3n) is 6.16. The van der Waals surface area contributed by atoms with E-state index in [-0.39, 0.29) is 17.9 Å². The van der Waals surface area contributed by atoms with Crippen LogP contribution >= 0.6 is 0 Å². The molecule has 1 atom stereocenters. The number of aryl methyl sites for hydroxylation is 2. The Kier molecular flexibility index (Phi) is 8.06. The fourth-order valence-electron chi connectivity index (χ4n) is 4.30. The van der Waals surface area contributed by atoms with Crippen LogP contribution in [0.15, 0.2) is 54.6 Å². The molecule has 0 aliphatic heterocycles. The van der Waals surface area contributed by atoms with E-state index in [9.17, 15) is 9.59 Å². The van der Waals surface area contributed by atoms with Crippen molar-refractivity contribution in [3.05, 3.63) is 71.3 Å². The number of benzene rings is 2. The summed E-state index contributed by atoms with van der Waals surface area (Å²) in [5, 5.41) is 3.21. The summed E-state index contributed by atoms with van der Waals surface area (Å²) in [4.78, 5) is 28.2. The molecule has 1 saturated carbocycles. The second-order valence-corrected chi connectivity index (χ2v) is 8.35. The van der Waals surface area contributed by atoms with Crippen LogP contribution in [0.3, 0.4) is 0 Å². The van der Waals surface area contributed by atoms with Gasteiger partial charge in [0.05, 0.1) is 0 Å². The number of nitrogens with zero attached hydrogens (tertiary/aromatic N) is 1. The average Bonchev–Trinajstić information content (AvgIpc) is 3.27. The summed E-state index contributed by atoms with van der Waals surface area (Å²) in [6, 6.07) is 18.0. The van der Waals surface area contributed by atoms with E-state index in [0.29, 0.717) is 25.8 Å². The zero-order valence-electron chi connectivity index (χ0n) is 18.3. The smallest absolute Gasteiger partial charge is 0.243 e. The van der Waals surface area contributed by atoms with E-state index in [1.54, 1.807) is 4.90 Å². The van der Waals surface area contributed by atoms with Crippen LogP contribution in [0.1, 0.15) is 62.1 Å². The third-order valence-corrected chi connectivity index (χ3v) is 6.16. The second-order valence-electron chi connectivity index (χ2n) is 8.35. The Morgan fingerprint density at radius 1 is 1.03 bits per heavy atom. The zero-order chi connectivity index (χ0) is 21.3. The maximum absolute atomic E-state index is 13.3. The zero-order valence-corrected chi connectivity index (χ0v) is 18.3. The van der Waals surface area contributed by atoms with Crippen molar-refractivity contribution in [3.63, 3.8) is 0 Å². The molecule has 0 saturated heterocycles. The Morgan fingerprint density at radius 3 is 2.37 bits per heavy atom. The van der Waals surface area contributed by atoms with Gasteiger partial charge in [-0.1, -0.05) is 74.4 Å². The van der Waals surface area contributed by atoms with Gasteiger partial charge in [0.2, 0.25) is 11.8 Å². The predicted octanol–water partition coefficient (Wildman–Crippen LogP) is 4.79. The highest BCUT2D eigenvalue weighted by molar-refractivity contribution is 5.88. The summed E-state index contributed by atoms with van der Waals surface area (Å²) in [5.41, 5.74) is 3.38. The van der Waals surface area contributed by atoms with Crippen LogP contribution in [0, 0.1) is 6.92 Å². The molecule has 0 spiro atoms. The van der Waals surface area contributed by atoms with Gasteiger partial charge in [-0.15, -0.1) is 0 Å². The van der Waals surface area contributed by atoms with E-state index in [4.69, 9.17) is 0 Å². The highest BCUT2D eigenvalue weighted by Crippen LogP contribution is 2.20. The van der Waals surface area contributed by atoms with Crippen LogP contribution in [0.2, 0.25) is 0 Å². The van der Waals surface area contributed by atoms with Gasteiger partial charge < -0.3 is 10.2 Å². The lowest BCUT2D eigenvalue weighted by Crippen LogP contribution is -2.51. The first-order chi connectivity index (χ1) is 14.6. The quantitative estimate of drug-likeness (QED) is 0.651. The van der Waals surface area contributed by atoms with Gasteiger partial charge in [-0.2, -0.15) is 0 Å².